The molecule has 1 saturated heterocycles. The first kappa shape index (κ1) is 26.9. The Labute approximate surface area is 223 Å². The zero-order valence-corrected chi connectivity index (χ0v) is 21.8. The lowest BCUT2D eigenvalue weighted by atomic mass is 10.0. The Morgan fingerprint density at radius 1 is 1.00 bits per heavy atom. The van der Waals surface area contributed by atoms with Crippen molar-refractivity contribution >= 4 is 23.8 Å². The molecule has 38 heavy (non-hydrogen) atoms. The first-order chi connectivity index (χ1) is 18.6. The summed E-state index contributed by atoms with van der Waals surface area (Å²) in [5, 5.41) is 0. The van der Waals surface area contributed by atoms with E-state index in [-0.39, 0.29) is 12.5 Å². The lowest BCUT2D eigenvalue weighted by Crippen LogP contribution is -2.46. The predicted molar refractivity (Wildman–Crippen MR) is 146 cm³/mol. The third kappa shape index (κ3) is 7.20. The Morgan fingerprint density at radius 2 is 1.74 bits per heavy atom. The van der Waals surface area contributed by atoms with Gasteiger partial charge >= 0.3 is 5.97 Å². The van der Waals surface area contributed by atoms with Crippen LogP contribution in [0.15, 0.2) is 79.0 Å². The van der Waals surface area contributed by atoms with Crippen LogP contribution in [0.5, 0.6) is 5.75 Å². The van der Waals surface area contributed by atoms with Crippen molar-refractivity contribution in [2.24, 2.45) is 0 Å². The minimum Gasteiger partial charge on any atom is -0.497 e. The highest BCUT2D eigenvalue weighted by Gasteiger charge is 2.30. The summed E-state index contributed by atoms with van der Waals surface area (Å²) in [7, 11) is 2.95. The van der Waals surface area contributed by atoms with Gasteiger partial charge in [0, 0.05) is 38.3 Å². The molecule has 1 fully saturated rings. The number of ether oxygens (including phenoxy) is 3. The highest BCUT2D eigenvalue weighted by atomic mass is 16.5. The number of nitrogens with zero attached hydrogens (tertiary/aromatic N) is 3. The minimum atomic E-state index is -0.811. The third-order valence-corrected chi connectivity index (χ3v) is 6.44. The summed E-state index contributed by atoms with van der Waals surface area (Å²) in [6.07, 6.45) is 5.30. The molecule has 1 atom stereocenters. The first-order valence-electron chi connectivity index (χ1n) is 12.6. The fourth-order valence-corrected chi connectivity index (χ4v) is 4.30. The maximum Gasteiger partial charge on any atom is 0.328 e. The molecule has 4 rings (SSSR count). The van der Waals surface area contributed by atoms with Gasteiger partial charge in [0.25, 0.3) is 0 Å². The number of rotatable bonds is 10. The van der Waals surface area contributed by atoms with Crippen molar-refractivity contribution in [2.75, 3.05) is 45.4 Å². The minimum absolute atomic E-state index is 0.203. The number of carbonyl (C=O) groups is 2. The van der Waals surface area contributed by atoms with Crippen molar-refractivity contribution in [1.29, 1.82) is 0 Å². The molecule has 0 bridgehead atoms. The number of benzene rings is 2. The molecule has 198 valence electrons. The maximum atomic E-state index is 13.6. The van der Waals surface area contributed by atoms with E-state index in [1.54, 1.807) is 24.3 Å². The largest absolute Gasteiger partial charge is 0.497 e. The molecule has 0 aliphatic carbocycles. The molecule has 8 heteroatoms. The van der Waals surface area contributed by atoms with Crippen molar-refractivity contribution in [1.82, 2.24) is 9.88 Å². The Morgan fingerprint density at radius 3 is 2.37 bits per heavy atom. The van der Waals surface area contributed by atoms with Crippen LogP contribution in [-0.4, -0.2) is 68.3 Å². The van der Waals surface area contributed by atoms with Gasteiger partial charge in [0.1, 0.15) is 17.6 Å². The van der Waals surface area contributed by atoms with Gasteiger partial charge in [-0.25, -0.2) is 9.78 Å². The van der Waals surface area contributed by atoms with Crippen LogP contribution < -0.4 is 9.64 Å². The summed E-state index contributed by atoms with van der Waals surface area (Å²) in [6.45, 7) is 3.12. The summed E-state index contributed by atoms with van der Waals surface area (Å²) >= 11 is 0. The normalized spacial score (nSPS) is 14.2. The zero-order chi connectivity index (χ0) is 26.7. The number of aromatic nitrogens is 1. The van der Waals surface area contributed by atoms with E-state index in [1.807, 2.05) is 66.7 Å². The summed E-state index contributed by atoms with van der Waals surface area (Å²) in [5.41, 5.74) is 2.59. The fraction of sp³-hybridized carbons (Fsp3) is 0.300. The molecule has 0 N–H and O–H groups in total. The van der Waals surface area contributed by atoms with Crippen molar-refractivity contribution < 1.29 is 23.8 Å². The van der Waals surface area contributed by atoms with Crippen molar-refractivity contribution in [3.05, 3.63) is 95.7 Å². The third-order valence-electron chi connectivity index (χ3n) is 6.44. The Bertz CT molecular complexity index is 1210. The van der Waals surface area contributed by atoms with Crippen LogP contribution in [0.25, 0.3) is 6.08 Å². The SMILES string of the molecule is COC(=O)[C@H](Cc1ccccc1)N(Cc1ccc(N2CCOCC2)nc1)C(=O)C=Cc1ccc(OC)cc1. The summed E-state index contributed by atoms with van der Waals surface area (Å²) in [4.78, 5) is 34.9. The topological polar surface area (TPSA) is 81.2 Å². The van der Waals surface area contributed by atoms with E-state index in [4.69, 9.17) is 14.2 Å². The molecule has 0 saturated carbocycles. The Balaban J connectivity index is 1.59. The molecular formula is C30H33N3O5. The molecule has 1 aromatic heterocycles. The fourth-order valence-electron chi connectivity index (χ4n) is 4.30. The van der Waals surface area contributed by atoms with E-state index in [1.165, 1.54) is 13.2 Å². The van der Waals surface area contributed by atoms with Crippen LogP contribution in [0, 0.1) is 0 Å². The van der Waals surface area contributed by atoms with Crippen LogP contribution in [-0.2, 0) is 32.0 Å². The van der Waals surface area contributed by atoms with Crippen LogP contribution in [0.3, 0.4) is 0 Å². The molecule has 1 aliphatic rings. The average molecular weight is 516 g/mol. The lowest BCUT2D eigenvalue weighted by molar-refractivity contribution is -0.151. The highest BCUT2D eigenvalue weighted by Crippen LogP contribution is 2.19. The van der Waals surface area contributed by atoms with Gasteiger partial charge in [-0.2, -0.15) is 0 Å². The molecule has 3 aromatic rings. The maximum absolute atomic E-state index is 13.6. The van der Waals surface area contributed by atoms with Gasteiger partial charge in [-0.1, -0.05) is 48.5 Å². The summed E-state index contributed by atoms with van der Waals surface area (Å²) in [5.74, 6) is 0.822. The number of carbonyl (C=O) groups excluding carboxylic acids is 2. The molecule has 8 nitrogen and oxygen atoms in total. The Kier molecular flexibility index (Phi) is 9.48. The van der Waals surface area contributed by atoms with Crippen molar-refractivity contribution in [3.63, 3.8) is 0 Å². The molecule has 0 radical (unpaired) electrons. The number of morpholine rings is 1. The number of pyridine rings is 1. The van der Waals surface area contributed by atoms with E-state index in [9.17, 15) is 9.59 Å². The van der Waals surface area contributed by atoms with E-state index < -0.39 is 12.0 Å². The monoisotopic (exact) mass is 515 g/mol. The van der Waals surface area contributed by atoms with Crippen LogP contribution in [0.4, 0.5) is 5.82 Å². The first-order valence-corrected chi connectivity index (χ1v) is 12.6. The van der Waals surface area contributed by atoms with Gasteiger partial charge < -0.3 is 24.0 Å². The van der Waals surface area contributed by atoms with Gasteiger partial charge in [-0.3, -0.25) is 4.79 Å². The van der Waals surface area contributed by atoms with Crippen molar-refractivity contribution in [3.8, 4) is 5.75 Å². The molecule has 1 amide bonds. The van der Waals surface area contributed by atoms with E-state index in [0.29, 0.717) is 19.6 Å². The molecule has 0 spiro atoms. The second kappa shape index (κ2) is 13.4. The van der Waals surface area contributed by atoms with E-state index in [0.717, 1.165) is 41.3 Å². The van der Waals surface area contributed by atoms with Gasteiger partial charge in [0.2, 0.25) is 5.91 Å². The zero-order valence-electron chi connectivity index (χ0n) is 21.8. The second-order valence-corrected chi connectivity index (χ2v) is 8.93. The number of amides is 1. The molecule has 1 aliphatic heterocycles. The second-order valence-electron chi connectivity index (χ2n) is 8.93. The van der Waals surface area contributed by atoms with Gasteiger partial charge in [0.05, 0.1) is 27.4 Å². The molecule has 2 heterocycles. The molecule has 2 aromatic carbocycles. The smallest absolute Gasteiger partial charge is 0.328 e. The van der Waals surface area contributed by atoms with E-state index >= 15 is 0 Å². The van der Waals surface area contributed by atoms with Gasteiger partial charge in [0.15, 0.2) is 0 Å². The van der Waals surface area contributed by atoms with Crippen LogP contribution in [0.2, 0.25) is 0 Å². The average Bonchev–Trinajstić information content (AvgIpc) is 2.98. The molecular weight excluding hydrogens is 482 g/mol. The summed E-state index contributed by atoms with van der Waals surface area (Å²) < 4.78 is 15.8. The summed E-state index contributed by atoms with van der Waals surface area (Å²) in [6, 6.07) is 20.1. The van der Waals surface area contributed by atoms with Gasteiger partial charge in [-0.15, -0.1) is 0 Å². The number of esters is 1. The molecule has 0 unspecified atom stereocenters. The predicted octanol–water partition coefficient (Wildman–Crippen LogP) is 3.75. The number of methoxy groups -OCH3 is 2. The number of anilines is 1. The lowest BCUT2D eigenvalue weighted by Gasteiger charge is -2.30. The van der Waals surface area contributed by atoms with Gasteiger partial charge in [-0.05, 0) is 41.0 Å². The number of hydrogen-bond donors (Lipinski definition) is 0. The standard InChI is InChI=1S/C30H33N3O5/c1-36-26-12-8-23(9-13-26)11-15-29(34)33(27(30(35)37-2)20-24-6-4-3-5-7-24)22-25-10-14-28(31-21-25)32-16-18-38-19-17-32/h3-15,21,27H,16-20,22H2,1-2H3/t27-/m0/s1. The number of hydrogen-bond acceptors (Lipinski definition) is 7. The Hall–Kier alpha value is -4.17. The quantitative estimate of drug-likeness (QED) is 0.300. The van der Waals surface area contributed by atoms with E-state index in [2.05, 4.69) is 9.88 Å². The van der Waals surface area contributed by atoms with Crippen LogP contribution >= 0.6 is 0 Å². The van der Waals surface area contributed by atoms with Crippen molar-refractivity contribution in [2.45, 2.75) is 19.0 Å². The highest BCUT2D eigenvalue weighted by molar-refractivity contribution is 5.94. The van der Waals surface area contributed by atoms with Crippen LogP contribution in [0.1, 0.15) is 16.7 Å².